The van der Waals surface area contributed by atoms with E-state index in [2.05, 4.69) is 17.6 Å². The highest BCUT2D eigenvalue weighted by molar-refractivity contribution is 7.80. The van der Waals surface area contributed by atoms with Gasteiger partial charge in [0, 0.05) is 11.4 Å². The van der Waals surface area contributed by atoms with E-state index >= 15 is 0 Å². The average molecular weight is 250 g/mol. The Kier molecular flexibility index (Phi) is 3.38. The van der Waals surface area contributed by atoms with Crippen LogP contribution < -0.4 is 11.2 Å². The minimum absolute atomic E-state index is 0.242. The number of hydrogen-bond acceptors (Lipinski definition) is 3. The van der Waals surface area contributed by atoms with Crippen molar-refractivity contribution in [2.45, 2.75) is 31.2 Å². The van der Waals surface area contributed by atoms with Gasteiger partial charge in [0.25, 0.3) is 5.56 Å². The lowest BCUT2D eigenvalue weighted by atomic mass is 10.2. The molecule has 1 aromatic heterocycles. The van der Waals surface area contributed by atoms with E-state index in [1.54, 1.807) is 18.2 Å². The molecule has 1 heterocycles. The average Bonchev–Trinajstić information content (AvgIpc) is 2.30. The molecule has 0 radical (unpaired) electrons. The molecule has 1 N–H and O–H groups in total. The maximum Gasteiger partial charge on any atom is 0.328 e. The van der Waals surface area contributed by atoms with Crippen molar-refractivity contribution in [1.82, 2.24) is 9.55 Å². The van der Waals surface area contributed by atoms with Gasteiger partial charge in [-0.3, -0.25) is 9.36 Å². The van der Waals surface area contributed by atoms with Crippen molar-refractivity contribution in [3.63, 3.8) is 0 Å². The molecule has 1 aromatic carbocycles. The molecule has 17 heavy (non-hydrogen) atoms. The van der Waals surface area contributed by atoms with Gasteiger partial charge >= 0.3 is 5.69 Å². The zero-order valence-corrected chi connectivity index (χ0v) is 10.5. The van der Waals surface area contributed by atoms with Crippen molar-refractivity contribution in [2.75, 3.05) is 0 Å². The van der Waals surface area contributed by atoms with Gasteiger partial charge in [-0.1, -0.05) is 13.3 Å². The van der Waals surface area contributed by atoms with E-state index < -0.39 is 0 Å². The summed E-state index contributed by atoms with van der Waals surface area (Å²) in [5, 5.41) is 0.508. The van der Waals surface area contributed by atoms with Crippen LogP contribution in [-0.4, -0.2) is 9.55 Å². The van der Waals surface area contributed by atoms with Gasteiger partial charge in [0.15, 0.2) is 0 Å². The third-order valence-electron chi connectivity index (χ3n) is 2.70. The largest absolute Gasteiger partial charge is 0.328 e. The molecule has 4 nitrogen and oxygen atoms in total. The van der Waals surface area contributed by atoms with Crippen molar-refractivity contribution in [2.24, 2.45) is 0 Å². The third-order valence-corrected chi connectivity index (χ3v) is 2.98. The van der Waals surface area contributed by atoms with Crippen LogP contribution in [0.2, 0.25) is 0 Å². The molecule has 0 saturated carbocycles. The van der Waals surface area contributed by atoms with Crippen LogP contribution in [-0.2, 0) is 6.54 Å². The topological polar surface area (TPSA) is 54.9 Å². The fraction of sp³-hybridized carbons (Fsp3) is 0.333. The van der Waals surface area contributed by atoms with Crippen LogP contribution in [0.4, 0.5) is 0 Å². The van der Waals surface area contributed by atoms with Crippen LogP contribution in [0.1, 0.15) is 19.8 Å². The Labute approximate surface area is 104 Å². The lowest BCUT2D eigenvalue weighted by Crippen LogP contribution is -2.35. The standard InChI is InChI=1S/C12H14N2O2S/c1-2-3-6-14-11(15)9-7-8(17)4-5-10(9)13-12(14)16/h4-5,7,17H,2-3,6H2,1H3,(H,13,16). The minimum atomic E-state index is -0.345. The van der Waals surface area contributed by atoms with Crippen molar-refractivity contribution >= 4 is 23.5 Å². The maximum absolute atomic E-state index is 12.1. The van der Waals surface area contributed by atoms with Crippen LogP contribution in [0.15, 0.2) is 32.7 Å². The number of nitrogens with zero attached hydrogens (tertiary/aromatic N) is 1. The molecule has 0 aliphatic rings. The Hall–Kier alpha value is -1.49. The predicted octanol–water partition coefficient (Wildman–Crippen LogP) is 1.78. The molecule has 2 rings (SSSR count). The number of unbranched alkanes of at least 4 members (excludes halogenated alkanes) is 1. The summed E-state index contributed by atoms with van der Waals surface area (Å²) in [7, 11) is 0. The molecule has 0 bridgehead atoms. The number of rotatable bonds is 3. The number of nitrogens with one attached hydrogen (secondary N) is 1. The fourth-order valence-electron chi connectivity index (χ4n) is 1.76. The SMILES string of the molecule is CCCCn1c(=O)[nH]c2ccc(S)cc2c1=O. The highest BCUT2D eigenvalue weighted by Crippen LogP contribution is 2.11. The van der Waals surface area contributed by atoms with Gasteiger partial charge < -0.3 is 4.98 Å². The Balaban J connectivity index is 2.69. The molecular weight excluding hydrogens is 236 g/mol. The van der Waals surface area contributed by atoms with E-state index in [-0.39, 0.29) is 11.2 Å². The normalized spacial score (nSPS) is 10.9. The first-order chi connectivity index (χ1) is 8.13. The number of aromatic nitrogens is 2. The zero-order chi connectivity index (χ0) is 12.4. The van der Waals surface area contributed by atoms with E-state index in [9.17, 15) is 9.59 Å². The molecular formula is C12H14N2O2S. The second kappa shape index (κ2) is 4.79. The number of thiol groups is 1. The van der Waals surface area contributed by atoms with Crippen LogP contribution in [0.5, 0.6) is 0 Å². The first-order valence-corrected chi connectivity index (χ1v) is 6.04. The molecule has 0 saturated heterocycles. The summed E-state index contributed by atoms with van der Waals surface area (Å²) < 4.78 is 1.25. The van der Waals surface area contributed by atoms with Crippen LogP contribution in [0, 0.1) is 0 Å². The van der Waals surface area contributed by atoms with Gasteiger partial charge in [-0.05, 0) is 24.6 Å². The number of fused-ring (bicyclic) bond motifs is 1. The third kappa shape index (κ3) is 2.29. The van der Waals surface area contributed by atoms with Gasteiger partial charge in [-0.2, -0.15) is 0 Å². The molecule has 0 amide bonds. The Morgan fingerprint density at radius 2 is 2.12 bits per heavy atom. The van der Waals surface area contributed by atoms with E-state index in [1.807, 2.05) is 6.92 Å². The van der Waals surface area contributed by atoms with E-state index in [0.29, 0.717) is 22.3 Å². The molecule has 0 atom stereocenters. The lowest BCUT2D eigenvalue weighted by Gasteiger charge is -2.05. The smallest absolute Gasteiger partial charge is 0.307 e. The molecule has 0 aliphatic heterocycles. The molecule has 90 valence electrons. The Morgan fingerprint density at radius 3 is 2.82 bits per heavy atom. The van der Waals surface area contributed by atoms with Crippen molar-refractivity contribution < 1.29 is 0 Å². The summed E-state index contributed by atoms with van der Waals surface area (Å²) in [6.07, 6.45) is 1.76. The fourth-order valence-corrected chi connectivity index (χ4v) is 1.96. The molecule has 0 fully saturated rings. The van der Waals surface area contributed by atoms with E-state index in [0.717, 1.165) is 12.8 Å². The number of hydrogen-bond donors (Lipinski definition) is 2. The van der Waals surface area contributed by atoms with Crippen molar-refractivity contribution in [3.05, 3.63) is 39.0 Å². The van der Waals surface area contributed by atoms with Crippen LogP contribution in [0.3, 0.4) is 0 Å². The van der Waals surface area contributed by atoms with Gasteiger partial charge in [-0.15, -0.1) is 12.6 Å². The highest BCUT2D eigenvalue weighted by Gasteiger charge is 2.06. The van der Waals surface area contributed by atoms with Crippen LogP contribution in [0.25, 0.3) is 10.9 Å². The van der Waals surface area contributed by atoms with Gasteiger partial charge in [0.2, 0.25) is 0 Å². The Morgan fingerprint density at radius 1 is 1.35 bits per heavy atom. The highest BCUT2D eigenvalue weighted by atomic mass is 32.1. The summed E-state index contributed by atoms with van der Waals surface area (Å²) in [5.74, 6) is 0. The first kappa shape index (κ1) is 12.0. The second-order valence-corrected chi connectivity index (χ2v) is 4.49. The summed E-state index contributed by atoms with van der Waals surface area (Å²) in [6, 6.07) is 5.13. The van der Waals surface area contributed by atoms with Crippen molar-refractivity contribution in [1.29, 1.82) is 0 Å². The molecule has 5 heteroatoms. The van der Waals surface area contributed by atoms with E-state index in [1.165, 1.54) is 4.57 Å². The summed E-state index contributed by atoms with van der Waals surface area (Å²) in [5.41, 5.74) is -0.0264. The maximum atomic E-state index is 12.1. The lowest BCUT2D eigenvalue weighted by molar-refractivity contribution is 0.589. The number of H-pyrrole nitrogens is 1. The zero-order valence-electron chi connectivity index (χ0n) is 9.56. The van der Waals surface area contributed by atoms with Crippen LogP contribution >= 0.6 is 12.6 Å². The minimum Gasteiger partial charge on any atom is -0.307 e. The first-order valence-electron chi connectivity index (χ1n) is 5.59. The van der Waals surface area contributed by atoms with E-state index in [4.69, 9.17) is 0 Å². The molecule has 2 aromatic rings. The summed E-state index contributed by atoms with van der Waals surface area (Å²) >= 11 is 4.20. The quantitative estimate of drug-likeness (QED) is 0.816. The van der Waals surface area contributed by atoms with Crippen molar-refractivity contribution in [3.8, 4) is 0 Å². The predicted molar refractivity (Wildman–Crippen MR) is 71.0 cm³/mol. The second-order valence-electron chi connectivity index (χ2n) is 3.97. The molecule has 0 spiro atoms. The number of aromatic amines is 1. The van der Waals surface area contributed by atoms with Gasteiger partial charge in [0.05, 0.1) is 10.9 Å². The van der Waals surface area contributed by atoms with Gasteiger partial charge in [0.1, 0.15) is 0 Å². The Bertz CT molecular complexity index is 658. The summed E-state index contributed by atoms with van der Waals surface area (Å²) in [4.78, 5) is 27.3. The molecule has 0 aliphatic carbocycles. The monoisotopic (exact) mass is 250 g/mol. The summed E-state index contributed by atoms with van der Waals surface area (Å²) in [6.45, 7) is 2.48. The molecule has 0 unspecified atom stereocenters. The number of benzene rings is 1. The van der Waals surface area contributed by atoms with Gasteiger partial charge in [-0.25, -0.2) is 4.79 Å².